The maximum Gasteiger partial charge on any atom is 0.335 e. The molecule has 6 nitrogen and oxygen atoms in total. The van der Waals surface area contributed by atoms with Gasteiger partial charge in [-0.1, -0.05) is 18.2 Å². The number of benzene rings is 2. The molecule has 7 heteroatoms. The van der Waals surface area contributed by atoms with Crippen LogP contribution in [0.1, 0.15) is 27.0 Å². The predicted molar refractivity (Wildman–Crippen MR) is 89.9 cm³/mol. The van der Waals surface area contributed by atoms with Crippen molar-refractivity contribution in [2.24, 2.45) is 0 Å². The molecule has 0 amide bonds. The standard InChI is InChI=1S/C17H19NO5S/c1-11-7-12(2)16(23-3)15(8-11)24(21,22)18-10-13-5-4-6-14(9-13)17(19)20/h4-9,18H,10H2,1-3H3,(H,19,20). The largest absolute Gasteiger partial charge is 0.495 e. The fourth-order valence-electron chi connectivity index (χ4n) is 2.45. The second-order valence-electron chi connectivity index (χ2n) is 5.44. The van der Waals surface area contributed by atoms with Gasteiger partial charge in [0.15, 0.2) is 0 Å². The van der Waals surface area contributed by atoms with E-state index in [0.29, 0.717) is 11.3 Å². The third-order valence-corrected chi connectivity index (χ3v) is 4.93. The lowest BCUT2D eigenvalue weighted by Crippen LogP contribution is -2.24. The lowest BCUT2D eigenvalue weighted by atomic mass is 10.1. The number of aromatic carboxylic acids is 1. The molecule has 2 aromatic carbocycles. The molecule has 0 aromatic heterocycles. The normalized spacial score (nSPS) is 11.3. The molecule has 128 valence electrons. The van der Waals surface area contributed by atoms with E-state index in [2.05, 4.69) is 4.72 Å². The second kappa shape index (κ2) is 7.02. The Morgan fingerprint density at radius 2 is 1.92 bits per heavy atom. The molecular weight excluding hydrogens is 330 g/mol. The third kappa shape index (κ3) is 3.93. The van der Waals surface area contributed by atoms with Crippen molar-refractivity contribution in [1.29, 1.82) is 0 Å². The van der Waals surface area contributed by atoms with Crippen LogP contribution in [0.25, 0.3) is 0 Å². The number of ether oxygens (including phenoxy) is 1. The van der Waals surface area contributed by atoms with Crippen molar-refractivity contribution in [3.63, 3.8) is 0 Å². The molecule has 0 aliphatic carbocycles. The van der Waals surface area contributed by atoms with Crippen LogP contribution in [0.2, 0.25) is 0 Å². The summed E-state index contributed by atoms with van der Waals surface area (Å²) >= 11 is 0. The first-order valence-corrected chi connectivity index (χ1v) is 8.70. The highest BCUT2D eigenvalue weighted by atomic mass is 32.2. The average Bonchev–Trinajstić information content (AvgIpc) is 2.52. The molecule has 2 N–H and O–H groups in total. The quantitative estimate of drug-likeness (QED) is 0.836. The fraction of sp³-hybridized carbons (Fsp3) is 0.235. The lowest BCUT2D eigenvalue weighted by molar-refractivity contribution is 0.0696. The van der Waals surface area contributed by atoms with E-state index in [1.807, 2.05) is 13.0 Å². The second-order valence-corrected chi connectivity index (χ2v) is 7.18. The molecule has 0 unspecified atom stereocenters. The Balaban J connectivity index is 2.30. The summed E-state index contributed by atoms with van der Waals surface area (Å²) in [6, 6.07) is 9.51. The van der Waals surface area contributed by atoms with Crippen molar-refractivity contribution >= 4 is 16.0 Å². The summed E-state index contributed by atoms with van der Waals surface area (Å²) in [5, 5.41) is 8.99. The minimum atomic E-state index is -3.80. The van der Waals surface area contributed by atoms with Gasteiger partial charge in [-0.2, -0.15) is 0 Å². The van der Waals surface area contributed by atoms with Crippen LogP contribution in [0.5, 0.6) is 5.75 Å². The van der Waals surface area contributed by atoms with Crippen LogP contribution in [-0.2, 0) is 16.6 Å². The number of aryl methyl sites for hydroxylation is 2. The van der Waals surface area contributed by atoms with E-state index in [9.17, 15) is 13.2 Å². The molecule has 0 heterocycles. The van der Waals surface area contributed by atoms with Crippen LogP contribution >= 0.6 is 0 Å². The molecule has 0 aliphatic rings. The molecule has 0 atom stereocenters. The van der Waals surface area contributed by atoms with Crippen LogP contribution in [0.3, 0.4) is 0 Å². The monoisotopic (exact) mass is 349 g/mol. The molecule has 0 bridgehead atoms. The molecule has 0 fully saturated rings. The van der Waals surface area contributed by atoms with Gasteiger partial charge in [0.1, 0.15) is 10.6 Å². The summed E-state index contributed by atoms with van der Waals surface area (Å²) in [6.07, 6.45) is 0. The Morgan fingerprint density at radius 1 is 1.21 bits per heavy atom. The zero-order valence-corrected chi connectivity index (χ0v) is 14.5. The molecule has 24 heavy (non-hydrogen) atoms. The van der Waals surface area contributed by atoms with E-state index in [4.69, 9.17) is 9.84 Å². The van der Waals surface area contributed by atoms with Gasteiger partial charge in [0.05, 0.1) is 12.7 Å². The number of rotatable bonds is 6. The Kier molecular flexibility index (Phi) is 5.26. The Labute approximate surface area is 141 Å². The Bertz CT molecular complexity index is 875. The van der Waals surface area contributed by atoms with Gasteiger partial charge in [-0.3, -0.25) is 0 Å². The van der Waals surface area contributed by atoms with E-state index in [1.54, 1.807) is 25.1 Å². The average molecular weight is 349 g/mol. The molecule has 0 radical (unpaired) electrons. The van der Waals surface area contributed by atoms with Gasteiger partial charge in [0.2, 0.25) is 10.0 Å². The predicted octanol–water partition coefficient (Wildman–Crippen LogP) is 2.49. The van der Waals surface area contributed by atoms with Crippen LogP contribution in [-0.4, -0.2) is 26.6 Å². The molecule has 0 aliphatic heterocycles. The number of hydrogen-bond acceptors (Lipinski definition) is 4. The molecule has 0 saturated carbocycles. The first-order valence-electron chi connectivity index (χ1n) is 7.21. The molecule has 0 spiro atoms. The highest BCUT2D eigenvalue weighted by molar-refractivity contribution is 7.89. The molecule has 0 saturated heterocycles. The number of carboxylic acids is 1. The first-order chi connectivity index (χ1) is 11.2. The number of carboxylic acid groups (broad SMARTS) is 1. The topological polar surface area (TPSA) is 92.7 Å². The third-order valence-electron chi connectivity index (χ3n) is 3.52. The summed E-state index contributed by atoms with van der Waals surface area (Å²) in [5.41, 5.74) is 2.20. The number of methoxy groups -OCH3 is 1. The summed E-state index contributed by atoms with van der Waals surface area (Å²) in [6.45, 7) is 3.57. The summed E-state index contributed by atoms with van der Waals surface area (Å²) < 4.78 is 32.9. The van der Waals surface area contributed by atoms with E-state index >= 15 is 0 Å². The number of hydrogen-bond donors (Lipinski definition) is 2. The minimum absolute atomic E-state index is 0.0143. The summed E-state index contributed by atoms with van der Waals surface area (Å²) in [5.74, 6) is -0.761. The van der Waals surface area contributed by atoms with Crippen molar-refractivity contribution in [2.45, 2.75) is 25.3 Å². The maximum absolute atomic E-state index is 12.6. The highest BCUT2D eigenvalue weighted by Gasteiger charge is 2.21. The van der Waals surface area contributed by atoms with Crippen molar-refractivity contribution in [3.05, 3.63) is 58.7 Å². The summed E-state index contributed by atoms with van der Waals surface area (Å²) in [4.78, 5) is 11.0. The van der Waals surface area contributed by atoms with Crippen LogP contribution in [0.4, 0.5) is 0 Å². The zero-order valence-electron chi connectivity index (χ0n) is 13.7. The fourth-order valence-corrected chi connectivity index (χ4v) is 3.79. The van der Waals surface area contributed by atoms with E-state index in [-0.39, 0.29) is 17.0 Å². The SMILES string of the molecule is COc1c(C)cc(C)cc1S(=O)(=O)NCc1cccc(C(=O)O)c1. The molecule has 2 rings (SSSR count). The van der Waals surface area contributed by atoms with E-state index in [0.717, 1.165) is 11.1 Å². The number of nitrogens with one attached hydrogen (secondary N) is 1. The smallest absolute Gasteiger partial charge is 0.335 e. The van der Waals surface area contributed by atoms with Gasteiger partial charge >= 0.3 is 5.97 Å². The van der Waals surface area contributed by atoms with Crippen molar-refractivity contribution < 1.29 is 23.1 Å². The molecule has 2 aromatic rings. The van der Waals surface area contributed by atoms with Gasteiger partial charge in [-0.05, 0) is 48.7 Å². The van der Waals surface area contributed by atoms with Gasteiger partial charge in [0, 0.05) is 6.54 Å². The van der Waals surface area contributed by atoms with Gasteiger partial charge < -0.3 is 9.84 Å². The number of sulfonamides is 1. The van der Waals surface area contributed by atoms with Gasteiger partial charge in [-0.15, -0.1) is 0 Å². The lowest BCUT2D eigenvalue weighted by Gasteiger charge is -2.14. The summed E-state index contributed by atoms with van der Waals surface area (Å²) in [7, 11) is -2.38. The minimum Gasteiger partial charge on any atom is -0.495 e. The van der Waals surface area contributed by atoms with Crippen molar-refractivity contribution in [2.75, 3.05) is 7.11 Å². The van der Waals surface area contributed by atoms with E-state index < -0.39 is 16.0 Å². The van der Waals surface area contributed by atoms with Crippen LogP contribution in [0.15, 0.2) is 41.3 Å². The Hall–Kier alpha value is -2.38. The van der Waals surface area contributed by atoms with Gasteiger partial charge in [0.25, 0.3) is 0 Å². The maximum atomic E-state index is 12.6. The zero-order chi connectivity index (χ0) is 17.9. The van der Waals surface area contributed by atoms with Gasteiger partial charge in [-0.25, -0.2) is 17.9 Å². The van der Waals surface area contributed by atoms with Crippen molar-refractivity contribution in [1.82, 2.24) is 4.72 Å². The number of carbonyl (C=O) groups is 1. The first kappa shape index (κ1) is 18.0. The van der Waals surface area contributed by atoms with Crippen LogP contribution < -0.4 is 9.46 Å². The van der Waals surface area contributed by atoms with Crippen LogP contribution in [0, 0.1) is 13.8 Å². The molecular formula is C17H19NO5S. The Morgan fingerprint density at radius 3 is 2.54 bits per heavy atom. The van der Waals surface area contributed by atoms with E-state index in [1.165, 1.54) is 19.2 Å². The highest BCUT2D eigenvalue weighted by Crippen LogP contribution is 2.29. The van der Waals surface area contributed by atoms with Crippen molar-refractivity contribution in [3.8, 4) is 5.75 Å².